The lowest BCUT2D eigenvalue weighted by molar-refractivity contribution is 0.605. The Labute approximate surface area is 69.4 Å². The second-order valence-corrected chi connectivity index (χ2v) is 2.62. The molecule has 0 saturated carbocycles. The predicted molar refractivity (Wildman–Crippen MR) is 44.2 cm³/mol. The minimum absolute atomic E-state index is 0.303. The van der Waals surface area contributed by atoms with Crippen LogP contribution in [0.2, 0.25) is 0 Å². The minimum Gasteiger partial charge on any atom is -0.326 e. The first kappa shape index (κ1) is 8.93. The van der Waals surface area contributed by atoms with Gasteiger partial charge in [0, 0.05) is 17.8 Å². The fourth-order valence-electron chi connectivity index (χ4n) is 0.969. The van der Waals surface area contributed by atoms with Gasteiger partial charge in [0.25, 0.3) is 5.56 Å². The largest absolute Gasteiger partial charge is 0.326 e. The molecule has 0 aliphatic rings. The van der Waals surface area contributed by atoms with Gasteiger partial charge in [-0.1, -0.05) is 6.92 Å². The molecule has 0 spiro atoms. The summed E-state index contributed by atoms with van der Waals surface area (Å²) in [5, 5.41) is 0. The van der Waals surface area contributed by atoms with Crippen LogP contribution in [0.3, 0.4) is 0 Å². The number of nitrogens with two attached hydrogens (primary N) is 1. The summed E-state index contributed by atoms with van der Waals surface area (Å²) in [4.78, 5) is 13.3. The molecular weight excluding hydrogens is 159 g/mol. The number of rotatable bonds is 2. The number of aromatic nitrogens is 1. The molecule has 0 radical (unpaired) electrons. The summed E-state index contributed by atoms with van der Waals surface area (Å²) < 4.78 is 12.6. The molecule has 0 saturated heterocycles. The normalized spacial score (nSPS) is 12.9. The number of aromatic amines is 1. The molecule has 12 heavy (non-hydrogen) atoms. The van der Waals surface area contributed by atoms with Crippen molar-refractivity contribution in [1.82, 2.24) is 4.98 Å². The molecule has 4 heteroatoms. The van der Waals surface area contributed by atoms with Crippen LogP contribution < -0.4 is 11.3 Å². The lowest BCUT2D eigenvalue weighted by Crippen LogP contribution is -2.21. The molecule has 0 amide bonds. The third-order valence-electron chi connectivity index (χ3n) is 1.74. The first-order chi connectivity index (χ1) is 5.65. The van der Waals surface area contributed by atoms with Gasteiger partial charge in [0.05, 0.1) is 0 Å². The lowest BCUT2D eigenvalue weighted by atomic mass is 10.1. The zero-order chi connectivity index (χ0) is 9.14. The molecule has 66 valence electrons. The lowest BCUT2D eigenvalue weighted by Gasteiger charge is -2.06. The Bertz CT molecular complexity index is 321. The number of halogens is 1. The van der Waals surface area contributed by atoms with Crippen LogP contribution in [0, 0.1) is 5.82 Å². The molecular formula is C8H11FN2O. The Kier molecular flexibility index (Phi) is 2.60. The van der Waals surface area contributed by atoms with Gasteiger partial charge in [0.2, 0.25) is 0 Å². The van der Waals surface area contributed by atoms with E-state index in [9.17, 15) is 9.18 Å². The van der Waals surface area contributed by atoms with Crippen molar-refractivity contribution in [2.75, 3.05) is 0 Å². The van der Waals surface area contributed by atoms with Gasteiger partial charge in [-0.3, -0.25) is 4.79 Å². The van der Waals surface area contributed by atoms with E-state index in [0.717, 1.165) is 6.20 Å². The highest BCUT2D eigenvalue weighted by molar-refractivity contribution is 5.14. The zero-order valence-electron chi connectivity index (χ0n) is 6.80. The quantitative estimate of drug-likeness (QED) is 0.693. The fraction of sp³-hybridized carbons (Fsp3) is 0.375. The van der Waals surface area contributed by atoms with Gasteiger partial charge in [-0.05, 0) is 12.5 Å². The van der Waals surface area contributed by atoms with Crippen LogP contribution in [-0.2, 0) is 0 Å². The van der Waals surface area contributed by atoms with E-state index >= 15 is 0 Å². The van der Waals surface area contributed by atoms with E-state index in [4.69, 9.17) is 5.73 Å². The van der Waals surface area contributed by atoms with Crippen LogP contribution in [-0.4, -0.2) is 4.98 Å². The molecule has 0 fully saturated rings. The summed E-state index contributed by atoms with van der Waals surface area (Å²) in [7, 11) is 0. The highest BCUT2D eigenvalue weighted by atomic mass is 19.1. The molecule has 1 aromatic rings. The van der Waals surface area contributed by atoms with Crippen molar-refractivity contribution in [2.45, 2.75) is 19.4 Å². The molecule has 1 rings (SSSR count). The van der Waals surface area contributed by atoms with Crippen LogP contribution >= 0.6 is 0 Å². The molecule has 1 aromatic heterocycles. The standard InChI is InChI=1S/C8H11FN2O/c1-2-7(10)6-3-5(9)4-11-8(6)12/h3-4,7H,2,10H2,1H3,(H,11,12)/t7-/m1/s1. The first-order valence-electron chi connectivity index (χ1n) is 3.79. The smallest absolute Gasteiger partial charge is 0.252 e. The fourth-order valence-corrected chi connectivity index (χ4v) is 0.969. The van der Waals surface area contributed by atoms with Gasteiger partial charge in [-0.15, -0.1) is 0 Å². The van der Waals surface area contributed by atoms with Gasteiger partial charge in [-0.25, -0.2) is 4.39 Å². The van der Waals surface area contributed by atoms with Crippen molar-refractivity contribution in [1.29, 1.82) is 0 Å². The number of hydrogen-bond acceptors (Lipinski definition) is 2. The van der Waals surface area contributed by atoms with Crippen LogP contribution in [0.4, 0.5) is 4.39 Å². The molecule has 0 bridgehead atoms. The second-order valence-electron chi connectivity index (χ2n) is 2.62. The Morgan fingerprint density at radius 3 is 3.00 bits per heavy atom. The maximum Gasteiger partial charge on any atom is 0.252 e. The molecule has 0 aliphatic carbocycles. The third-order valence-corrected chi connectivity index (χ3v) is 1.74. The van der Waals surface area contributed by atoms with Crippen molar-refractivity contribution in [3.63, 3.8) is 0 Å². The summed E-state index contributed by atoms with van der Waals surface area (Å²) in [6.07, 6.45) is 1.64. The van der Waals surface area contributed by atoms with E-state index < -0.39 is 5.82 Å². The molecule has 3 nitrogen and oxygen atoms in total. The Balaban J connectivity index is 3.13. The first-order valence-corrected chi connectivity index (χ1v) is 3.79. The van der Waals surface area contributed by atoms with Crippen LogP contribution in [0.15, 0.2) is 17.1 Å². The van der Waals surface area contributed by atoms with E-state index in [0.29, 0.717) is 12.0 Å². The van der Waals surface area contributed by atoms with Crippen molar-refractivity contribution >= 4 is 0 Å². The van der Waals surface area contributed by atoms with Gasteiger partial charge < -0.3 is 10.7 Å². The van der Waals surface area contributed by atoms with Crippen molar-refractivity contribution in [2.24, 2.45) is 5.73 Å². The van der Waals surface area contributed by atoms with Gasteiger partial charge >= 0.3 is 0 Å². The Morgan fingerprint density at radius 1 is 1.75 bits per heavy atom. The van der Waals surface area contributed by atoms with E-state index in [1.807, 2.05) is 6.92 Å². The minimum atomic E-state index is -0.464. The third kappa shape index (κ3) is 1.71. The Morgan fingerprint density at radius 2 is 2.42 bits per heavy atom. The van der Waals surface area contributed by atoms with Crippen molar-refractivity contribution < 1.29 is 4.39 Å². The second kappa shape index (κ2) is 3.49. The monoisotopic (exact) mass is 170 g/mol. The van der Waals surface area contributed by atoms with Gasteiger partial charge in [0.15, 0.2) is 0 Å². The predicted octanol–water partition coefficient (Wildman–Crippen LogP) is 0.924. The SMILES string of the molecule is CC[C@@H](N)c1cc(F)c[nH]c1=O. The van der Waals surface area contributed by atoms with Gasteiger partial charge in [0.1, 0.15) is 5.82 Å². The number of nitrogens with one attached hydrogen (secondary N) is 1. The maximum atomic E-state index is 12.6. The number of pyridine rings is 1. The Hall–Kier alpha value is -1.16. The molecule has 1 atom stereocenters. The molecule has 0 unspecified atom stereocenters. The van der Waals surface area contributed by atoms with E-state index in [-0.39, 0.29) is 11.6 Å². The number of H-pyrrole nitrogens is 1. The highest BCUT2D eigenvalue weighted by Gasteiger charge is 2.08. The number of hydrogen-bond donors (Lipinski definition) is 2. The van der Waals surface area contributed by atoms with Crippen molar-refractivity contribution in [3.8, 4) is 0 Å². The molecule has 3 N–H and O–H groups in total. The average Bonchev–Trinajstić information content (AvgIpc) is 2.08. The molecule has 0 aromatic carbocycles. The summed E-state index contributed by atoms with van der Waals surface area (Å²) in [6, 6.07) is 0.789. The topological polar surface area (TPSA) is 58.9 Å². The zero-order valence-corrected chi connectivity index (χ0v) is 6.80. The molecule has 1 heterocycles. The van der Waals surface area contributed by atoms with E-state index in [1.54, 1.807) is 0 Å². The van der Waals surface area contributed by atoms with Crippen LogP contribution in [0.5, 0.6) is 0 Å². The molecule has 0 aliphatic heterocycles. The van der Waals surface area contributed by atoms with Crippen LogP contribution in [0.1, 0.15) is 24.9 Å². The summed E-state index contributed by atoms with van der Waals surface area (Å²) in [5.41, 5.74) is 5.57. The maximum absolute atomic E-state index is 12.6. The van der Waals surface area contributed by atoms with E-state index in [1.165, 1.54) is 6.07 Å². The average molecular weight is 170 g/mol. The van der Waals surface area contributed by atoms with E-state index in [2.05, 4.69) is 4.98 Å². The highest BCUT2D eigenvalue weighted by Crippen LogP contribution is 2.08. The van der Waals surface area contributed by atoms with Crippen LogP contribution in [0.25, 0.3) is 0 Å². The summed E-state index contributed by atoms with van der Waals surface area (Å²) in [6.45, 7) is 1.84. The van der Waals surface area contributed by atoms with Gasteiger partial charge in [-0.2, -0.15) is 0 Å². The van der Waals surface area contributed by atoms with Crippen molar-refractivity contribution in [3.05, 3.63) is 34.0 Å². The summed E-state index contributed by atoms with van der Waals surface area (Å²) in [5.74, 6) is -0.464. The summed E-state index contributed by atoms with van der Waals surface area (Å²) >= 11 is 0.